The molecule has 0 spiro atoms. The van der Waals surface area contributed by atoms with Crippen LogP contribution in [0.2, 0.25) is 0 Å². The smallest absolute Gasteiger partial charge is 0.333 e. The summed E-state index contributed by atoms with van der Waals surface area (Å²) >= 11 is 0. The Morgan fingerprint density at radius 2 is 2.12 bits per heavy atom. The summed E-state index contributed by atoms with van der Waals surface area (Å²) in [5, 5.41) is 9.10. The molecular weight excluding hydrogens is 216 g/mol. The second-order valence-electron chi connectivity index (χ2n) is 4.26. The van der Waals surface area contributed by atoms with Crippen LogP contribution >= 0.6 is 0 Å². The number of ether oxygens (including phenoxy) is 1. The Bertz CT molecular complexity index is 385. The SMILES string of the molecule is CCCO[C@H](Cc1cccc(C)c1C)C(=O)O. The van der Waals surface area contributed by atoms with Gasteiger partial charge in [-0.1, -0.05) is 25.1 Å². The van der Waals surface area contributed by atoms with Crippen LogP contribution in [0.4, 0.5) is 0 Å². The van der Waals surface area contributed by atoms with Crippen LogP contribution in [0.1, 0.15) is 30.0 Å². The predicted molar refractivity (Wildman–Crippen MR) is 67.3 cm³/mol. The molecule has 0 unspecified atom stereocenters. The van der Waals surface area contributed by atoms with Crippen LogP contribution in [-0.2, 0) is 16.0 Å². The van der Waals surface area contributed by atoms with Gasteiger partial charge in [0.1, 0.15) is 0 Å². The van der Waals surface area contributed by atoms with Crippen LogP contribution < -0.4 is 0 Å². The number of carbonyl (C=O) groups is 1. The number of hydrogen-bond donors (Lipinski definition) is 1. The van der Waals surface area contributed by atoms with Crippen molar-refractivity contribution >= 4 is 5.97 Å². The van der Waals surface area contributed by atoms with Crippen molar-refractivity contribution in [2.24, 2.45) is 0 Å². The summed E-state index contributed by atoms with van der Waals surface area (Å²) in [6.45, 7) is 6.50. The largest absolute Gasteiger partial charge is 0.479 e. The van der Waals surface area contributed by atoms with E-state index in [4.69, 9.17) is 9.84 Å². The molecule has 3 nitrogen and oxygen atoms in total. The highest BCUT2D eigenvalue weighted by molar-refractivity contribution is 5.72. The van der Waals surface area contributed by atoms with Crippen LogP contribution in [-0.4, -0.2) is 23.8 Å². The molecule has 0 aliphatic heterocycles. The van der Waals surface area contributed by atoms with Gasteiger partial charge < -0.3 is 9.84 Å². The first-order valence-electron chi connectivity index (χ1n) is 5.95. The average molecular weight is 236 g/mol. The molecule has 0 radical (unpaired) electrons. The Balaban J connectivity index is 2.78. The number of aliphatic carboxylic acids is 1. The minimum atomic E-state index is -0.889. The summed E-state index contributed by atoms with van der Waals surface area (Å²) in [7, 11) is 0. The summed E-state index contributed by atoms with van der Waals surface area (Å²) in [6.07, 6.45) is 0.523. The first kappa shape index (κ1) is 13.7. The third-order valence-electron chi connectivity index (χ3n) is 2.92. The fourth-order valence-corrected chi connectivity index (χ4v) is 1.71. The van der Waals surface area contributed by atoms with Crippen molar-refractivity contribution in [3.63, 3.8) is 0 Å². The Hall–Kier alpha value is -1.35. The third-order valence-corrected chi connectivity index (χ3v) is 2.92. The van der Waals surface area contributed by atoms with Gasteiger partial charge >= 0.3 is 5.97 Å². The molecule has 1 N–H and O–H groups in total. The van der Waals surface area contributed by atoms with Gasteiger partial charge in [0, 0.05) is 13.0 Å². The van der Waals surface area contributed by atoms with E-state index in [9.17, 15) is 4.79 Å². The van der Waals surface area contributed by atoms with E-state index in [2.05, 4.69) is 0 Å². The lowest BCUT2D eigenvalue weighted by molar-refractivity contribution is -0.150. The van der Waals surface area contributed by atoms with Crippen LogP contribution in [0.25, 0.3) is 0 Å². The maximum absolute atomic E-state index is 11.1. The molecular formula is C14H20O3. The van der Waals surface area contributed by atoms with E-state index in [1.165, 1.54) is 5.56 Å². The number of rotatable bonds is 6. The van der Waals surface area contributed by atoms with Crippen molar-refractivity contribution in [3.05, 3.63) is 34.9 Å². The van der Waals surface area contributed by atoms with Crippen LogP contribution in [0.15, 0.2) is 18.2 Å². The fourth-order valence-electron chi connectivity index (χ4n) is 1.71. The van der Waals surface area contributed by atoms with Crippen LogP contribution in [0.3, 0.4) is 0 Å². The summed E-state index contributed by atoms with van der Waals surface area (Å²) < 4.78 is 5.35. The molecule has 1 rings (SSSR count). The van der Waals surface area contributed by atoms with Gasteiger partial charge in [-0.05, 0) is 37.0 Å². The Morgan fingerprint density at radius 1 is 1.41 bits per heavy atom. The molecule has 0 bridgehead atoms. The minimum Gasteiger partial charge on any atom is -0.479 e. The monoisotopic (exact) mass is 236 g/mol. The Labute approximate surface area is 102 Å². The first-order valence-corrected chi connectivity index (χ1v) is 5.95. The average Bonchev–Trinajstić information content (AvgIpc) is 2.29. The van der Waals surface area contributed by atoms with E-state index in [-0.39, 0.29) is 0 Å². The van der Waals surface area contributed by atoms with E-state index < -0.39 is 12.1 Å². The molecule has 0 saturated carbocycles. The van der Waals surface area contributed by atoms with Crippen molar-refractivity contribution in [2.45, 2.75) is 39.7 Å². The number of carboxylic acids is 1. The van der Waals surface area contributed by atoms with E-state index in [0.717, 1.165) is 17.5 Å². The van der Waals surface area contributed by atoms with Gasteiger partial charge in [0.2, 0.25) is 0 Å². The molecule has 94 valence electrons. The lowest BCUT2D eigenvalue weighted by Gasteiger charge is -2.15. The van der Waals surface area contributed by atoms with Crippen LogP contribution in [0, 0.1) is 13.8 Å². The molecule has 0 aromatic heterocycles. The second kappa shape index (κ2) is 6.40. The maximum atomic E-state index is 11.1. The third kappa shape index (κ3) is 3.86. The minimum absolute atomic E-state index is 0.433. The quantitative estimate of drug-likeness (QED) is 0.826. The molecule has 3 heteroatoms. The molecule has 0 saturated heterocycles. The molecule has 1 atom stereocenters. The van der Waals surface area contributed by atoms with E-state index in [1.54, 1.807) is 0 Å². The predicted octanol–water partition coefficient (Wildman–Crippen LogP) is 2.73. The van der Waals surface area contributed by atoms with Gasteiger partial charge in [0.15, 0.2) is 6.10 Å². The normalized spacial score (nSPS) is 12.4. The Morgan fingerprint density at radius 3 is 2.71 bits per heavy atom. The van der Waals surface area contributed by atoms with Crippen molar-refractivity contribution in [2.75, 3.05) is 6.61 Å². The van der Waals surface area contributed by atoms with Gasteiger partial charge in [0.05, 0.1) is 0 Å². The van der Waals surface area contributed by atoms with Crippen molar-refractivity contribution in [1.82, 2.24) is 0 Å². The summed E-state index contributed by atoms with van der Waals surface area (Å²) in [5.74, 6) is -0.889. The van der Waals surface area contributed by atoms with Gasteiger partial charge in [-0.3, -0.25) is 0 Å². The van der Waals surface area contributed by atoms with Crippen molar-refractivity contribution in [1.29, 1.82) is 0 Å². The molecule has 0 aliphatic rings. The lowest BCUT2D eigenvalue weighted by atomic mass is 9.98. The molecule has 0 heterocycles. The fraction of sp³-hybridized carbons (Fsp3) is 0.500. The van der Waals surface area contributed by atoms with Gasteiger partial charge in [-0.15, -0.1) is 0 Å². The highest BCUT2D eigenvalue weighted by Crippen LogP contribution is 2.16. The van der Waals surface area contributed by atoms with E-state index in [1.807, 2.05) is 39.0 Å². The zero-order valence-corrected chi connectivity index (χ0v) is 10.7. The topological polar surface area (TPSA) is 46.5 Å². The summed E-state index contributed by atoms with van der Waals surface area (Å²) in [6, 6.07) is 5.95. The Kier molecular flexibility index (Phi) is 5.16. The first-order chi connectivity index (χ1) is 8.06. The van der Waals surface area contributed by atoms with E-state index in [0.29, 0.717) is 13.0 Å². The maximum Gasteiger partial charge on any atom is 0.333 e. The van der Waals surface area contributed by atoms with Crippen LogP contribution in [0.5, 0.6) is 0 Å². The highest BCUT2D eigenvalue weighted by atomic mass is 16.5. The number of benzene rings is 1. The standard InChI is InChI=1S/C14H20O3/c1-4-8-17-13(14(15)16)9-12-7-5-6-10(2)11(12)3/h5-7,13H,4,8-9H2,1-3H3,(H,15,16)/t13-/m1/s1. The van der Waals surface area contributed by atoms with Crippen molar-refractivity contribution in [3.8, 4) is 0 Å². The molecule has 0 fully saturated rings. The van der Waals surface area contributed by atoms with Gasteiger partial charge in [0.25, 0.3) is 0 Å². The molecule has 0 aliphatic carbocycles. The van der Waals surface area contributed by atoms with Gasteiger partial charge in [-0.25, -0.2) is 4.79 Å². The number of aryl methyl sites for hydroxylation is 1. The molecule has 1 aromatic rings. The highest BCUT2D eigenvalue weighted by Gasteiger charge is 2.19. The van der Waals surface area contributed by atoms with Gasteiger partial charge in [-0.2, -0.15) is 0 Å². The zero-order chi connectivity index (χ0) is 12.8. The van der Waals surface area contributed by atoms with Crippen molar-refractivity contribution < 1.29 is 14.6 Å². The summed E-state index contributed by atoms with van der Waals surface area (Å²) in [4.78, 5) is 11.1. The summed E-state index contributed by atoms with van der Waals surface area (Å²) in [5.41, 5.74) is 3.38. The number of carboxylic acid groups (broad SMARTS) is 1. The molecule has 0 amide bonds. The van der Waals surface area contributed by atoms with E-state index >= 15 is 0 Å². The zero-order valence-electron chi connectivity index (χ0n) is 10.7. The molecule has 1 aromatic carbocycles. The molecule has 17 heavy (non-hydrogen) atoms. The second-order valence-corrected chi connectivity index (χ2v) is 4.26. The lowest BCUT2D eigenvalue weighted by Crippen LogP contribution is -2.27. The number of hydrogen-bond acceptors (Lipinski definition) is 2.